The van der Waals surface area contributed by atoms with Gasteiger partial charge in [0, 0.05) is 12.6 Å². The zero-order valence-corrected chi connectivity index (χ0v) is 10.5. The summed E-state index contributed by atoms with van der Waals surface area (Å²) in [4.78, 5) is 14.1. The first-order valence-electron chi connectivity index (χ1n) is 5.98. The molecule has 0 saturated heterocycles. The molecule has 1 aromatic rings. The second kappa shape index (κ2) is 4.75. The van der Waals surface area contributed by atoms with Gasteiger partial charge in [-0.3, -0.25) is 4.79 Å². The van der Waals surface area contributed by atoms with Gasteiger partial charge in [0.15, 0.2) is 0 Å². The highest BCUT2D eigenvalue weighted by Crippen LogP contribution is 2.32. The van der Waals surface area contributed by atoms with Crippen molar-refractivity contribution in [3.8, 4) is 0 Å². The Bertz CT molecular complexity index is 419. The van der Waals surface area contributed by atoms with Crippen LogP contribution in [0.25, 0.3) is 0 Å². The minimum atomic E-state index is -0.131. The fourth-order valence-electron chi connectivity index (χ4n) is 2.39. The van der Waals surface area contributed by atoms with Crippen molar-refractivity contribution in [2.45, 2.75) is 25.9 Å². The van der Waals surface area contributed by atoms with E-state index in [-0.39, 0.29) is 18.0 Å². The number of nitrogens with zero attached hydrogens (tertiary/aromatic N) is 1. The topological polar surface area (TPSA) is 44.4 Å². The minimum absolute atomic E-state index is 0.0617. The van der Waals surface area contributed by atoms with E-state index in [9.17, 15) is 4.79 Å². The van der Waals surface area contributed by atoms with Gasteiger partial charge in [-0.1, -0.05) is 12.1 Å². The molecule has 1 amide bonds. The molecule has 1 aromatic carbocycles. The van der Waals surface area contributed by atoms with Crippen LogP contribution in [-0.2, 0) is 4.79 Å². The molecule has 4 heteroatoms. The third-order valence-electron chi connectivity index (χ3n) is 3.21. The first kappa shape index (κ1) is 11.9. The maximum absolute atomic E-state index is 11.9. The lowest BCUT2D eigenvalue weighted by Crippen LogP contribution is -2.52. The summed E-state index contributed by atoms with van der Waals surface area (Å²) < 4.78 is 0. The number of hydrogen-bond donors (Lipinski definition) is 2. The molecule has 0 radical (unpaired) electrons. The molecular formula is C13H19N3O. The number of carbonyl (C=O) groups excluding carboxylic acids is 1. The average molecular weight is 233 g/mol. The first-order chi connectivity index (χ1) is 8.15. The van der Waals surface area contributed by atoms with Crippen LogP contribution in [0.3, 0.4) is 0 Å². The van der Waals surface area contributed by atoms with Crippen LogP contribution in [0.4, 0.5) is 11.4 Å². The number of anilines is 2. The lowest BCUT2D eigenvalue weighted by molar-refractivity contribution is -0.117. The van der Waals surface area contributed by atoms with Gasteiger partial charge in [0.2, 0.25) is 5.91 Å². The molecule has 0 saturated carbocycles. The van der Waals surface area contributed by atoms with Gasteiger partial charge in [-0.15, -0.1) is 0 Å². The predicted octanol–water partition coefficient (Wildman–Crippen LogP) is 1.44. The number of para-hydroxylation sites is 2. The number of carbonyl (C=O) groups is 1. The van der Waals surface area contributed by atoms with E-state index in [1.54, 1.807) is 0 Å². The lowest BCUT2D eigenvalue weighted by atomic mass is 10.1. The SMILES string of the molecule is CNCC(C)N1c2ccccc2NC(=O)C1C. The molecule has 4 nitrogen and oxygen atoms in total. The summed E-state index contributed by atoms with van der Waals surface area (Å²) in [6.07, 6.45) is 0. The van der Waals surface area contributed by atoms with Crippen LogP contribution in [0.1, 0.15) is 13.8 Å². The van der Waals surface area contributed by atoms with Gasteiger partial charge in [-0.2, -0.15) is 0 Å². The monoisotopic (exact) mass is 233 g/mol. The van der Waals surface area contributed by atoms with Crippen molar-refractivity contribution in [1.82, 2.24) is 5.32 Å². The summed E-state index contributed by atoms with van der Waals surface area (Å²) in [5.74, 6) is 0.0617. The Labute approximate surface area is 102 Å². The number of likely N-dealkylation sites (N-methyl/N-ethyl adjacent to an activating group) is 1. The number of amides is 1. The molecule has 0 fully saturated rings. The molecule has 0 bridgehead atoms. The van der Waals surface area contributed by atoms with E-state index in [0.717, 1.165) is 17.9 Å². The Morgan fingerprint density at radius 1 is 1.47 bits per heavy atom. The van der Waals surface area contributed by atoms with Crippen molar-refractivity contribution >= 4 is 17.3 Å². The van der Waals surface area contributed by atoms with Crippen LogP contribution in [0.2, 0.25) is 0 Å². The van der Waals surface area contributed by atoms with Crippen molar-refractivity contribution < 1.29 is 4.79 Å². The molecule has 1 aliphatic rings. The Morgan fingerprint density at radius 2 is 2.18 bits per heavy atom. The van der Waals surface area contributed by atoms with E-state index in [4.69, 9.17) is 0 Å². The molecule has 2 rings (SSSR count). The van der Waals surface area contributed by atoms with Crippen molar-refractivity contribution in [2.75, 3.05) is 23.8 Å². The van der Waals surface area contributed by atoms with Crippen LogP contribution in [0, 0.1) is 0 Å². The fourth-order valence-corrected chi connectivity index (χ4v) is 2.39. The maximum Gasteiger partial charge on any atom is 0.246 e. The van der Waals surface area contributed by atoms with E-state index in [1.165, 1.54) is 0 Å². The van der Waals surface area contributed by atoms with Crippen LogP contribution in [0.5, 0.6) is 0 Å². The quantitative estimate of drug-likeness (QED) is 0.830. The summed E-state index contributed by atoms with van der Waals surface area (Å²) in [5, 5.41) is 6.09. The van der Waals surface area contributed by atoms with E-state index < -0.39 is 0 Å². The maximum atomic E-state index is 11.9. The van der Waals surface area contributed by atoms with Gasteiger partial charge < -0.3 is 15.5 Å². The highest BCUT2D eigenvalue weighted by Gasteiger charge is 2.31. The molecule has 2 atom stereocenters. The molecule has 0 aromatic heterocycles. The molecule has 92 valence electrons. The van der Waals surface area contributed by atoms with Crippen LogP contribution >= 0.6 is 0 Å². The van der Waals surface area contributed by atoms with Gasteiger partial charge >= 0.3 is 0 Å². The Hall–Kier alpha value is -1.55. The van der Waals surface area contributed by atoms with Crippen molar-refractivity contribution in [1.29, 1.82) is 0 Å². The summed E-state index contributed by atoms with van der Waals surface area (Å²) in [7, 11) is 1.93. The van der Waals surface area contributed by atoms with Crippen LogP contribution in [0.15, 0.2) is 24.3 Å². The summed E-state index contributed by atoms with van der Waals surface area (Å²) in [5.41, 5.74) is 2.00. The fraction of sp³-hybridized carbons (Fsp3) is 0.462. The van der Waals surface area contributed by atoms with E-state index >= 15 is 0 Å². The van der Waals surface area contributed by atoms with Gasteiger partial charge in [-0.05, 0) is 33.0 Å². The molecule has 0 aliphatic carbocycles. The molecule has 0 spiro atoms. The molecule has 2 unspecified atom stereocenters. The molecule has 2 N–H and O–H groups in total. The summed E-state index contributed by atoms with van der Waals surface area (Å²) >= 11 is 0. The van der Waals surface area contributed by atoms with Crippen molar-refractivity contribution in [3.63, 3.8) is 0 Å². The Morgan fingerprint density at radius 3 is 2.88 bits per heavy atom. The van der Waals surface area contributed by atoms with Gasteiger partial charge in [0.1, 0.15) is 6.04 Å². The summed E-state index contributed by atoms with van der Waals surface area (Å²) in [6, 6.07) is 8.09. The Balaban J connectivity index is 2.38. The predicted molar refractivity (Wildman–Crippen MR) is 70.4 cm³/mol. The third-order valence-corrected chi connectivity index (χ3v) is 3.21. The number of rotatable bonds is 3. The van der Waals surface area contributed by atoms with Crippen LogP contribution < -0.4 is 15.5 Å². The minimum Gasteiger partial charge on any atom is -0.354 e. The molecule has 1 heterocycles. The largest absolute Gasteiger partial charge is 0.354 e. The van der Waals surface area contributed by atoms with E-state index in [2.05, 4.69) is 28.5 Å². The van der Waals surface area contributed by atoms with Crippen LogP contribution in [-0.4, -0.2) is 31.6 Å². The first-order valence-corrected chi connectivity index (χ1v) is 5.98. The van der Waals surface area contributed by atoms with Crippen molar-refractivity contribution in [2.24, 2.45) is 0 Å². The van der Waals surface area contributed by atoms with Gasteiger partial charge in [0.05, 0.1) is 11.4 Å². The van der Waals surface area contributed by atoms with E-state index in [0.29, 0.717) is 0 Å². The normalized spacial score (nSPS) is 20.8. The smallest absolute Gasteiger partial charge is 0.246 e. The molecule has 17 heavy (non-hydrogen) atoms. The second-order valence-corrected chi connectivity index (χ2v) is 4.50. The standard InChI is InChI=1S/C13H19N3O/c1-9(8-14-3)16-10(2)13(17)15-11-6-4-5-7-12(11)16/h4-7,9-10,14H,8H2,1-3H3,(H,15,17). The van der Waals surface area contributed by atoms with E-state index in [1.807, 2.05) is 32.2 Å². The second-order valence-electron chi connectivity index (χ2n) is 4.50. The number of benzene rings is 1. The molecular weight excluding hydrogens is 214 g/mol. The van der Waals surface area contributed by atoms with Gasteiger partial charge in [-0.25, -0.2) is 0 Å². The summed E-state index contributed by atoms with van der Waals surface area (Å²) in [6.45, 7) is 4.92. The van der Waals surface area contributed by atoms with Crippen molar-refractivity contribution in [3.05, 3.63) is 24.3 Å². The number of hydrogen-bond acceptors (Lipinski definition) is 3. The van der Waals surface area contributed by atoms with Gasteiger partial charge in [0.25, 0.3) is 0 Å². The zero-order valence-electron chi connectivity index (χ0n) is 10.5. The third kappa shape index (κ3) is 2.13. The highest BCUT2D eigenvalue weighted by molar-refractivity contribution is 6.03. The molecule has 1 aliphatic heterocycles. The highest BCUT2D eigenvalue weighted by atomic mass is 16.2. The Kier molecular flexibility index (Phi) is 3.33. The lowest BCUT2D eigenvalue weighted by Gasteiger charge is -2.40. The number of fused-ring (bicyclic) bond motifs is 1. The number of nitrogens with one attached hydrogen (secondary N) is 2. The zero-order chi connectivity index (χ0) is 12.4. The average Bonchev–Trinajstić information content (AvgIpc) is 2.31.